The maximum atomic E-state index is 10.2. The van der Waals surface area contributed by atoms with Crippen molar-refractivity contribution in [3.8, 4) is 0 Å². The highest BCUT2D eigenvalue weighted by Gasteiger charge is 1.90. The van der Waals surface area contributed by atoms with Gasteiger partial charge in [0.1, 0.15) is 0 Å². The molecule has 0 aliphatic heterocycles. The highest BCUT2D eigenvalue weighted by Crippen LogP contribution is 1.87. The number of carbonyl (C=O) groups excluding carboxylic acids is 1. The standard InChI is InChI=1S/C7H11N3O/c8-7(11)9-3-6-10-4-1-2-5-10/h1-2,4-5H,3,6H2,(H3,8,9,11). The van der Waals surface area contributed by atoms with Crippen LogP contribution in [0.5, 0.6) is 0 Å². The van der Waals surface area contributed by atoms with Gasteiger partial charge in [0.25, 0.3) is 0 Å². The van der Waals surface area contributed by atoms with Crippen molar-refractivity contribution in [2.75, 3.05) is 6.54 Å². The van der Waals surface area contributed by atoms with Crippen LogP contribution in [0.4, 0.5) is 4.79 Å². The van der Waals surface area contributed by atoms with Gasteiger partial charge in [0.05, 0.1) is 0 Å². The number of carbonyl (C=O) groups is 1. The van der Waals surface area contributed by atoms with Crippen molar-refractivity contribution in [3.63, 3.8) is 0 Å². The highest BCUT2D eigenvalue weighted by molar-refractivity contribution is 5.71. The fourth-order valence-corrected chi connectivity index (χ4v) is 0.827. The van der Waals surface area contributed by atoms with Crippen molar-refractivity contribution >= 4 is 6.03 Å². The molecule has 2 amide bonds. The Bertz CT molecular complexity index is 218. The number of primary amides is 1. The summed E-state index contributed by atoms with van der Waals surface area (Å²) in [6.45, 7) is 1.33. The van der Waals surface area contributed by atoms with Crippen LogP contribution in [-0.4, -0.2) is 17.1 Å². The minimum Gasteiger partial charge on any atom is -0.353 e. The second-order valence-electron chi connectivity index (χ2n) is 2.21. The van der Waals surface area contributed by atoms with E-state index in [4.69, 9.17) is 5.73 Å². The van der Waals surface area contributed by atoms with Crippen LogP contribution in [0.15, 0.2) is 24.5 Å². The smallest absolute Gasteiger partial charge is 0.312 e. The number of hydrogen-bond donors (Lipinski definition) is 2. The summed E-state index contributed by atoms with van der Waals surface area (Å²) in [4.78, 5) is 10.2. The molecule has 11 heavy (non-hydrogen) atoms. The van der Waals surface area contributed by atoms with Gasteiger partial charge >= 0.3 is 6.03 Å². The molecule has 4 heteroatoms. The van der Waals surface area contributed by atoms with E-state index in [0.717, 1.165) is 6.54 Å². The highest BCUT2D eigenvalue weighted by atomic mass is 16.2. The Morgan fingerprint density at radius 2 is 2.09 bits per heavy atom. The summed E-state index contributed by atoms with van der Waals surface area (Å²) in [5.41, 5.74) is 4.87. The molecule has 0 aliphatic carbocycles. The molecular weight excluding hydrogens is 142 g/mol. The van der Waals surface area contributed by atoms with E-state index in [2.05, 4.69) is 5.32 Å². The lowest BCUT2D eigenvalue weighted by atomic mass is 10.6. The van der Waals surface area contributed by atoms with Crippen molar-refractivity contribution in [2.45, 2.75) is 6.54 Å². The summed E-state index contributed by atoms with van der Waals surface area (Å²) in [6.07, 6.45) is 3.87. The van der Waals surface area contributed by atoms with Crippen molar-refractivity contribution in [3.05, 3.63) is 24.5 Å². The van der Waals surface area contributed by atoms with Gasteiger partial charge in [-0.25, -0.2) is 4.79 Å². The first-order chi connectivity index (χ1) is 5.29. The SMILES string of the molecule is NC(=O)NCCn1cccc1. The summed E-state index contributed by atoms with van der Waals surface area (Å²) in [5.74, 6) is 0. The molecule has 0 fully saturated rings. The number of hydrogen-bond acceptors (Lipinski definition) is 1. The van der Waals surface area contributed by atoms with E-state index in [1.807, 2.05) is 29.1 Å². The van der Waals surface area contributed by atoms with E-state index >= 15 is 0 Å². The Balaban J connectivity index is 2.19. The van der Waals surface area contributed by atoms with E-state index in [9.17, 15) is 4.79 Å². The molecular formula is C7H11N3O. The van der Waals surface area contributed by atoms with Crippen LogP contribution in [-0.2, 0) is 6.54 Å². The summed E-state index contributed by atoms with van der Waals surface area (Å²) in [7, 11) is 0. The molecule has 0 radical (unpaired) electrons. The lowest BCUT2D eigenvalue weighted by Gasteiger charge is -2.01. The van der Waals surface area contributed by atoms with E-state index in [-0.39, 0.29) is 0 Å². The van der Waals surface area contributed by atoms with Crippen molar-refractivity contribution in [2.24, 2.45) is 5.73 Å². The zero-order valence-corrected chi connectivity index (χ0v) is 6.16. The molecule has 0 saturated heterocycles. The molecule has 0 unspecified atom stereocenters. The molecule has 1 rings (SSSR count). The number of urea groups is 1. The summed E-state index contributed by atoms with van der Waals surface area (Å²) < 4.78 is 1.97. The van der Waals surface area contributed by atoms with Crippen LogP contribution >= 0.6 is 0 Å². The second kappa shape index (κ2) is 3.65. The van der Waals surface area contributed by atoms with Crippen molar-refractivity contribution in [1.29, 1.82) is 0 Å². The van der Waals surface area contributed by atoms with Gasteiger partial charge in [-0.2, -0.15) is 0 Å². The summed E-state index contributed by atoms with van der Waals surface area (Å²) in [6, 6.07) is 3.39. The van der Waals surface area contributed by atoms with Crippen LogP contribution < -0.4 is 11.1 Å². The van der Waals surface area contributed by atoms with Gasteiger partial charge in [-0.1, -0.05) is 0 Å². The zero-order chi connectivity index (χ0) is 8.10. The summed E-state index contributed by atoms with van der Waals surface area (Å²) >= 11 is 0. The number of amides is 2. The minimum atomic E-state index is -0.475. The minimum absolute atomic E-state index is 0.475. The Morgan fingerprint density at radius 1 is 1.45 bits per heavy atom. The van der Waals surface area contributed by atoms with Crippen LogP contribution in [0.2, 0.25) is 0 Å². The molecule has 0 aromatic carbocycles. The first-order valence-corrected chi connectivity index (χ1v) is 3.43. The van der Waals surface area contributed by atoms with Gasteiger partial charge in [0.2, 0.25) is 0 Å². The molecule has 0 bridgehead atoms. The number of aromatic nitrogens is 1. The van der Waals surface area contributed by atoms with Gasteiger partial charge in [-0.05, 0) is 12.1 Å². The number of nitrogens with zero attached hydrogens (tertiary/aromatic N) is 1. The van der Waals surface area contributed by atoms with Gasteiger partial charge in [0.15, 0.2) is 0 Å². The van der Waals surface area contributed by atoms with Crippen LogP contribution in [0, 0.1) is 0 Å². The number of rotatable bonds is 3. The topological polar surface area (TPSA) is 60.1 Å². The Hall–Kier alpha value is -1.45. The third-order valence-electron chi connectivity index (χ3n) is 1.34. The normalized spacial score (nSPS) is 9.45. The quantitative estimate of drug-likeness (QED) is 0.638. The van der Waals surface area contributed by atoms with Gasteiger partial charge in [-0.15, -0.1) is 0 Å². The average molecular weight is 153 g/mol. The molecule has 1 aromatic heterocycles. The maximum absolute atomic E-state index is 10.2. The Labute approximate surface area is 65.0 Å². The Morgan fingerprint density at radius 3 is 2.64 bits per heavy atom. The van der Waals surface area contributed by atoms with Crippen LogP contribution in [0.25, 0.3) is 0 Å². The molecule has 1 aromatic rings. The first-order valence-electron chi connectivity index (χ1n) is 3.43. The molecule has 1 heterocycles. The second-order valence-corrected chi connectivity index (χ2v) is 2.21. The van der Waals surface area contributed by atoms with Crippen molar-refractivity contribution < 1.29 is 4.79 Å². The predicted octanol–water partition coefficient (Wildman–Crippen LogP) is 0.156. The van der Waals surface area contributed by atoms with E-state index in [1.54, 1.807) is 0 Å². The molecule has 4 nitrogen and oxygen atoms in total. The lowest BCUT2D eigenvalue weighted by Crippen LogP contribution is -2.31. The van der Waals surface area contributed by atoms with Gasteiger partial charge < -0.3 is 15.6 Å². The fraction of sp³-hybridized carbons (Fsp3) is 0.286. The largest absolute Gasteiger partial charge is 0.353 e. The fourth-order valence-electron chi connectivity index (χ4n) is 0.827. The van der Waals surface area contributed by atoms with Gasteiger partial charge in [-0.3, -0.25) is 0 Å². The summed E-state index contributed by atoms with van der Waals surface area (Å²) in [5, 5.41) is 2.50. The molecule has 0 aliphatic rings. The van der Waals surface area contributed by atoms with E-state index < -0.39 is 6.03 Å². The first kappa shape index (κ1) is 7.65. The maximum Gasteiger partial charge on any atom is 0.312 e. The molecule has 0 atom stereocenters. The third-order valence-corrected chi connectivity index (χ3v) is 1.34. The Kier molecular flexibility index (Phi) is 2.54. The van der Waals surface area contributed by atoms with Crippen LogP contribution in [0.3, 0.4) is 0 Å². The predicted molar refractivity (Wildman–Crippen MR) is 42.0 cm³/mol. The van der Waals surface area contributed by atoms with Crippen molar-refractivity contribution in [1.82, 2.24) is 9.88 Å². The third kappa shape index (κ3) is 2.75. The number of nitrogens with two attached hydrogens (primary N) is 1. The van der Waals surface area contributed by atoms with Gasteiger partial charge in [0, 0.05) is 25.5 Å². The van der Waals surface area contributed by atoms with Crippen LogP contribution in [0.1, 0.15) is 0 Å². The average Bonchev–Trinajstić information content (AvgIpc) is 2.39. The molecule has 3 N–H and O–H groups in total. The number of nitrogens with one attached hydrogen (secondary N) is 1. The molecule has 0 spiro atoms. The van der Waals surface area contributed by atoms with E-state index in [1.165, 1.54) is 0 Å². The molecule has 60 valence electrons. The lowest BCUT2D eigenvalue weighted by molar-refractivity contribution is 0.248. The van der Waals surface area contributed by atoms with E-state index in [0.29, 0.717) is 6.54 Å². The monoisotopic (exact) mass is 153 g/mol. The molecule has 0 saturated carbocycles. The zero-order valence-electron chi connectivity index (χ0n) is 6.16.